The molecule has 1 aromatic carbocycles. The molecule has 13 heteroatoms. The molecule has 1 saturated carbocycles. The van der Waals surface area contributed by atoms with Crippen molar-refractivity contribution >= 4 is 17.4 Å². The lowest BCUT2D eigenvalue weighted by atomic mass is 9.97. The molecule has 2 aromatic heterocycles. The van der Waals surface area contributed by atoms with Gasteiger partial charge in [-0.3, -0.25) is 19.8 Å². The number of non-ortho nitro benzene ring substituents is 1. The molecule has 1 aliphatic carbocycles. The monoisotopic (exact) mass is 491 g/mol. The number of nitro groups is 1. The van der Waals surface area contributed by atoms with Gasteiger partial charge in [0.25, 0.3) is 11.6 Å². The Labute approximate surface area is 196 Å². The van der Waals surface area contributed by atoms with E-state index in [2.05, 4.69) is 10.3 Å². The molecule has 0 N–H and O–H groups in total. The van der Waals surface area contributed by atoms with Gasteiger partial charge < -0.3 is 9.26 Å². The maximum absolute atomic E-state index is 13.8. The molecule has 1 fully saturated rings. The molecule has 1 aliphatic heterocycles. The average molecular weight is 491 g/mol. The zero-order chi connectivity index (χ0) is 24.9. The molecular formula is C22H20F3N5O5. The van der Waals surface area contributed by atoms with Crippen molar-refractivity contribution < 1.29 is 32.1 Å². The summed E-state index contributed by atoms with van der Waals surface area (Å²) in [6.07, 6.45) is -2.07. The van der Waals surface area contributed by atoms with E-state index in [0.717, 1.165) is 17.5 Å². The van der Waals surface area contributed by atoms with E-state index >= 15 is 0 Å². The first-order valence-corrected chi connectivity index (χ1v) is 10.9. The standard InChI is InChI=1S/C22H20F3N5O5/c1-12-16(11-34-15-6-4-14(5-7-15)30(32)33)20(27-35-12)21(31)28-17(13-2-3-13)10-18(22(23,24)25)29-19(28)8-9-26-29/h4-9,13,17-18H,2-3,10-11H2,1H3/t17-,18-/m0/s1. The molecule has 0 bridgehead atoms. The lowest BCUT2D eigenvalue weighted by molar-refractivity contribution is -0.384. The van der Waals surface area contributed by atoms with Gasteiger partial charge in [-0.25, -0.2) is 4.68 Å². The van der Waals surface area contributed by atoms with E-state index in [-0.39, 0.29) is 36.1 Å². The van der Waals surface area contributed by atoms with E-state index in [4.69, 9.17) is 9.26 Å². The van der Waals surface area contributed by atoms with Crippen LogP contribution in [-0.4, -0.2) is 38.0 Å². The Balaban J connectivity index is 1.43. The summed E-state index contributed by atoms with van der Waals surface area (Å²) < 4.78 is 53.0. The van der Waals surface area contributed by atoms with Crippen molar-refractivity contribution in [1.82, 2.24) is 14.9 Å². The number of hydrogen-bond acceptors (Lipinski definition) is 7. The number of fused-ring (bicyclic) bond motifs is 1. The molecule has 3 heterocycles. The summed E-state index contributed by atoms with van der Waals surface area (Å²) in [5, 5.41) is 18.6. The second-order valence-corrected chi connectivity index (χ2v) is 8.61. The van der Waals surface area contributed by atoms with Crippen molar-refractivity contribution in [2.45, 2.75) is 51.1 Å². The SMILES string of the molecule is Cc1onc(C(=O)N2c3ccnn3[C@H](C(F)(F)F)C[C@H]2C2CC2)c1COc1ccc([N+](=O)[O-])cc1. The fourth-order valence-electron chi connectivity index (χ4n) is 4.42. The van der Waals surface area contributed by atoms with Gasteiger partial charge in [-0.1, -0.05) is 5.16 Å². The van der Waals surface area contributed by atoms with Gasteiger partial charge >= 0.3 is 6.18 Å². The Morgan fingerprint density at radius 3 is 2.60 bits per heavy atom. The van der Waals surface area contributed by atoms with Crippen LogP contribution in [0.25, 0.3) is 0 Å². The van der Waals surface area contributed by atoms with Crippen LogP contribution in [0, 0.1) is 23.0 Å². The molecule has 0 radical (unpaired) electrons. The van der Waals surface area contributed by atoms with Crippen LogP contribution in [0.4, 0.5) is 24.7 Å². The van der Waals surface area contributed by atoms with E-state index in [9.17, 15) is 28.1 Å². The maximum Gasteiger partial charge on any atom is 0.410 e. The maximum atomic E-state index is 13.8. The first-order valence-electron chi connectivity index (χ1n) is 10.9. The number of nitro benzene ring substituents is 1. The summed E-state index contributed by atoms with van der Waals surface area (Å²) in [5.74, 6) is 0.0680. The lowest BCUT2D eigenvalue weighted by Crippen LogP contribution is -2.50. The van der Waals surface area contributed by atoms with Gasteiger partial charge in [0.15, 0.2) is 11.7 Å². The summed E-state index contributed by atoms with van der Waals surface area (Å²) in [6, 6.07) is 4.34. The Morgan fingerprint density at radius 1 is 1.26 bits per heavy atom. The Hall–Kier alpha value is -3.90. The summed E-state index contributed by atoms with van der Waals surface area (Å²) in [6.45, 7) is 1.47. The van der Waals surface area contributed by atoms with Crippen LogP contribution in [0.5, 0.6) is 5.75 Å². The molecule has 3 aromatic rings. The molecule has 10 nitrogen and oxygen atoms in total. The van der Waals surface area contributed by atoms with Crippen LogP contribution in [0.1, 0.15) is 47.1 Å². The highest BCUT2D eigenvalue weighted by molar-refractivity contribution is 6.06. The molecule has 0 unspecified atom stereocenters. The van der Waals surface area contributed by atoms with E-state index in [1.165, 1.54) is 41.4 Å². The molecular weight excluding hydrogens is 471 g/mol. The van der Waals surface area contributed by atoms with E-state index in [1.54, 1.807) is 6.92 Å². The number of alkyl halides is 3. The summed E-state index contributed by atoms with van der Waals surface area (Å²) in [4.78, 5) is 25.3. The summed E-state index contributed by atoms with van der Waals surface area (Å²) in [5.41, 5.74) is 0.180. The summed E-state index contributed by atoms with van der Waals surface area (Å²) >= 11 is 0. The molecule has 1 amide bonds. The largest absolute Gasteiger partial charge is 0.489 e. The second-order valence-electron chi connectivity index (χ2n) is 8.61. The Morgan fingerprint density at radius 2 is 1.97 bits per heavy atom. The third-order valence-corrected chi connectivity index (χ3v) is 6.37. The predicted molar refractivity (Wildman–Crippen MR) is 114 cm³/mol. The van der Waals surface area contributed by atoms with Gasteiger partial charge in [-0.2, -0.15) is 18.3 Å². The van der Waals surface area contributed by atoms with Gasteiger partial charge in [0.05, 0.1) is 16.7 Å². The average Bonchev–Trinajstić information content (AvgIpc) is 3.43. The molecule has 2 aliphatic rings. The quantitative estimate of drug-likeness (QED) is 0.365. The zero-order valence-electron chi connectivity index (χ0n) is 18.4. The Bertz CT molecular complexity index is 1270. The third-order valence-electron chi connectivity index (χ3n) is 6.37. The number of amides is 1. The normalized spacial score (nSPS) is 19.9. The van der Waals surface area contributed by atoms with Crippen LogP contribution in [-0.2, 0) is 6.61 Å². The number of anilines is 1. The van der Waals surface area contributed by atoms with Crippen LogP contribution in [0.3, 0.4) is 0 Å². The smallest absolute Gasteiger partial charge is 0.410 e. The Kier molecular flexibility index (Phi) is 5.49. The molecule has 2 atom stereocenters. The number of nitrogens with zero attached hydrogens (tertiary/aromatic N) is 5. The van der Waals surface area contributed by atoms with E-state index in [1.807, 2.05) is 0 Å². The zero-order valence-corrected chi connectivity index (χ0v) is 18.4. The van der Waals surface area contributed by atoms with Crippen LogP contribution >= 0.6 is 0 Å². The van der Waals surface area contributed by atoms with Crippen LogP contribution in [0.15, 0.2) is 41.1 Å². The molecule has 5 rings (SSSR count). The molecule has 35 heavy (non-hydrogen) atoms. The molecule has 0 spiro atoms. The molecule has 0 saturated heterocycles. The number of rotatable bonds is 6. The summed E-state index contributed by atoms with van der Waals surface area (Å²) in [7, 11) is 0. The lowest BCUT2D eigenvalue weighted by Gasteiger charge is -2.40. The number of aryl methyl sites for hydroxylation is 1. The van der Waals surface area contributed by atoms with Crippen molar-refractivity contribution in [1.29, 1.82) is 0 Å². The topological polar surface area (TPSA) is 117 Å². The van der Waals surface area contributed by atoms with Gasteiger partial charge in [0, 0.05) is 24.2 Å². The highest BCUT2D eigenvalue weighted by Crippen LogP contribution is 2.48. The third kappa shape index (κ3) is 4.21. The number of aromatic nitrogens is 3. The van der Waals surface area contributed by atoms with Crippen molar-refractivity contribution in [3.05, 3.63) is 63.7 Å². The van der Waals surface area contributed by atoms with Crippen molar-refractivity contribution in [2.24, 2.45) is 5.92 Å². The van der Waals surface area contributed by atoms with Crippen LogP contribution < -0.4 is 9.64 Å². The molecule has 184 valence electrons. The predicted octanol–water partition coefficient (Wildman–Crippen LogP) is 4.60. The number of halogens is 3. The van der Waals surface area contributed by atoms with Crippen molar-refractivity contribution in [3.8, 4) is 5.75 Å². The number of benzene rings is 1. The number of carbonyl (C=O) groups is 1. The van der Waals surface area contributed by atoms with Gasteiger partial charge in [-0.15, -0.1) is 0 Å². The first-order chi connectivity index (χ1) is 16.6. The second kappa shape index (κ2) is 8.40. The van der Waals surface area contributed by atoms with Gasteiger partial charge in [-0.05, 0) is 44.2 Å². The number of ether oxygens (including phenoxy) is 1. The van der Waals surface area contributed by atoms with Crippen molar-refractivity contribution in [3.63, 3.8) is 0 Å². The minimum atomic E-state index is -4.50. The van der Waals surface area contributed by atoms with Gasteiger partial charge in [0.2, 0.25) is 0 Å². The van der Waals surface area contributed by atoms with Gasteiger partial charge in [0.1, 0.15) is 23.9 Å². The highest BCUT2D eigenvalue weighted by atomic mass is 19.4. The minimum Gasteiger partial charge on any atom is -0.489 e. The fraction of sp³-hybridized carbons (Fsp3) is 0.409. The minimum absolute atomic E-state index is 0.0414. The fourth-order valence-corrected chi connectivity index (χ4v) is 4.42. The van der Waals surface area contributed by atoms with Crippen molar-refractivity contribution in [2.75, 3.05) is 4.90 Å². The first kappa shape index (κ1) is 22.9. The van der Waals surface area contributed by atoms with Crippen LogP contribution in [0.2, 0.25) is 0 Å². The number of hydrogen-bond donors (Lipinski definition) is 0. The van der Waals surface area contributed by atoms with E-state index < -0.39 is 29.1 Å². The number of carbonyl (C=O) groups excluding carboxylic acids is 1. The highest BCUT2D eigenvalue weighted by Gasteiger charge is 2.53. The van der Waals surface area contributed by atoms with E-state index in [0.29, 0.717) is 17.1 Å².